The first-order chi connectivity index (χ1) is 5.15. The Morgan fingerprint density at radius 3 is 2.64 bits per heavy atom. The molecule has 0 amide bonds. The second-order valence-corrected chi connectivity index (χ2v) is 3.26. The minimum atomic E-state index is -1.04. The number of aliphatic hydroxyl groups is 1. The van der Waals surface area contributed by atoms with Gasteiger partial charge in [0.1, 0.15) is 5.01 Å². The molecule has 1 rings (SSSR count). The molecule has 0 radical (unpaired) electrons. The van der Waals surface area contributed by atoms with Gasteiger partial charge in [-0.05, 0) is 6.92 Å². The Labute approximate surface area is 67.1 Å². The summed E-state index contributed by atoms with van der Waals surface area (Å²) < 4.78 is 0. The molecule has 1 aromatic rings. The van der Waals surface area contributed by atoms with Crippen LogP contribution in [0.25, 0.3) is 0 Å². The number of nitrogens with zero attached hydrogens (tertiary/aromatic N) is 1. The van der Waals surface area contributed by atoms with E-state index in [1.165, 1.54) is 11.3 Å². The maximum Gasteiger partial charge on any atom is 0.355 e. The highest BCUT2D eigenvalue weighted by Crippen LogP contribution is 2.16. The van der Waals surface area contributed by atoms with Crippen LogP contribution in [-0.4, -0.2) is 21.2 Å². The van der Waals surface area contributed by atoms with Gasteiger partial charge in [0.2, 0.25) is 0 Å². The molecule has 0 aliphatic carbocycles. The average molecular weight is 173 g/mol. The molecule has 0 aromatic carbocycles. The molecule has 0 atom stereocenters. The van der Waals surface area contributed by atoms with Gasteiger partial charge in [0.25, 0.3) is 0 Å². The summed E-state index contributed by atoms with van der Waals surface area (Å²) in [5.74, 6) is -1.04. The van der Waals surface area contributed by atoms with Crippen molar-refractivity contribution in [3.8, 4) is 0 Å². The lowest BCUT2D eigenvalue weighted by molar-refractivity contribution is 0.0690. The van der Waals surface area contributed by atoms with Crippen molar-refractivity contribution in [1.29, 1.82) is 0 Å². The van der Waals surface area contributed by atoms with E-state index in [1.54, 1.807) is 6.92 Å². The first-order valence-electron chi connectivity index (χ1n) is 2.95. The number of carbonyl (C=O) groups is 1. The zero-order chi connectivity index (χ0) is 8.43. The lowest BCUT2D eigenvalue weighted by atomic mass is 10.4. The van der Waals surface area contributed by atoms with Crippen molar-refractivity contribution in [3.63, 3.8) is 0 Å². The number of hydrogen-bond acceptors (Lipinski definition) is 4. The molecule has 0 unspecified atom stereocenters. The summed E-state index contributed by atoms with van der Waals surface area (Å²) in [5.41, 5.74) is 0.0408. The maximum atomic E-state index is 10.4. The van der Waals surface area contributed by atoms with Gasteiger partial charge >= 0.3 is 5.97 Å². The van der Waals surface area contributed by atoms with Crippen LogP contribution in [0.3, 0.4) is 0 Å². The number of aliphatic hydroxyl groups excluding tert-OH is 1. The summed E-state index contributed by atoms with van der Waals surface area (Å²) in [6, 6.07) is 0. The molecule has 5 heteroatoms. The molecule has 0 spiro atoms. The topological polar surface area (TPSA) is 70.4 Å². The molecule has 0 saturated carbocycles. The number of aryl methyl sites for hydroxylation is 1. The molecule has 60 valence electrons. The van der Waals surface area contributed by atoms with Gasteiger partial charge in [-0.15, -0.1) is 11.3 Å². The zero-order valence-electron chi connectivity index (χ0n) is 5.87. The van der Waals surface area contributed by atoms with E-state index in [1.807, 2.05) is 0 Å². The number of thiazole rings is 1. The predicted octanol–water partition coefficient (Wildman–Crippen LogP) is 0.642. The second-order valence-electron chi connectivity index (χ2n) is 1.98. The summed E-state index contributed by atoms with van der Waals surface area (Å²) in [6.07, 6.45) is 0. The highest BCUT2D eigenvalue weighted by Gasteiger charge is 2.12. The molecule has 0 aliphatic rings. The summed E-state index contributed by atoms with van der Waals surface area (Å²) in [4.78, 5) is 14.7. The van der Waals surface area contributed by atoms with Crippen LogP contribution in [0.5, 0.6) is 0 Å². The van der Waals surface area contributed by atoms with Crippen LogP contribution in [0.15, 0.2) is 0 Å². The predicted molar refractivity (Wildman–Crippen MR) is 39.7 cm³/mol. The molecule has 2 N–H and O–H groups in total. The number of hydrogen-bond donors (Lipinski definition) is 2. The smallest absolute Gasteiger partial charge is 0.355 e. The van der Waals surface area contributed by atoms with Gasteiger partial charge in [0.05, 0.1) is 6.61 Å². The van der Waals surface area contributed by atoms with Gasteiger partial charge in [0.15, 0.2) is 5.69 Å². The number of carboxylic acid groups (broad SMARTS) is 1. The average Bonchev–Trinajstić information content (AvgIpc) is 2.30. The van der Waals surface area contributed by atoms with Crippen molar-refractivity contribution in [2.24, 2.45) is 0 Å². The van der Waals surface area contributed by atoms with E-state index >= 15 is 0 Å². The number of aromatic carboxylic acids is 1. The standard InChI is InChI=1S/C6H7NO3S/c1-3-5(6(9)10)7-4(2-8)11-3/h8H,2H2,1H3,(H,9,10). The minimum absolute atomic E-state index is 0.0408. The first kappa shape index (κ1) is 8.16. The van der Waals surface area contributed by atoms with Crippen molar-refractivity contribution < 1.29 is 15.0 Å². The third-order valence-corrected chi connectivity index (χ3v) is 2.13. The van der Waals surface area contributed by atoms with Crippen LogP contribution in [0, 0.1) is 6.92 Å². The number of rotatable bonds is 2. The van der Waals surface area contributed by atoms with Gasteiger partial charge in [-0.25, -0.2) is 9.78 Å². The summed E-state index contributed by atoms with van der Waals surface area (Å²) in [5, 5.41) is 17.6. The van der Waals surface area contributed by atoms with E-state index in [2.05, 4.69) is 4.98 Å². The summed E-state index contributed by atoms with van der Waals surface area (Å²) >= 11 is 1.20. The zero-order valence-corrected chi connectivity index (χ0v) is 6.68. The Kier molecular flexibility index (Phi) is 2.21. The Hall–Kier alpha value is -0.940. The normalized spacial score (nSPS) is 10.0. The molecule has 1 heterocycles. The molecule has 0 aliphatic heterocycles. The fourth-order valence-corrected chi connectivity index (χ4v) is 1.50. The Morgan fingerprint density at radius 1 is 1.73 bits per heavy atom. The van der Waals surface area contributed by atoms with Crippen molar-refractivity contribution in [3.05, 3.63) is 15.6 Å². The van der Waals surface area contributed by atoms with Crippen LogP contribution in [0.2, 0.25) is 0 Å². The molecule has 0 bridgehead atoms. The Bertz CT molecular complexity index is 281. The molecule has 4 nitrogen and oxygen atoms in total. The van der Waals surface area contributed by atoms with Gasteiger partial charge in [-0.3, -0.25) is 0 Å². The summed E-state index contributed by atoms with van der Waals surface area (Å²) in [7, 11) is 0. The fourth-order valence-electron chi connectivity index (χ4n) is 0.717. The van der Waals surface area contributed by atoms with E-state index in [4.69, 9.17) is 10.2 Å². The van der Waals surface area contributed by atoms with E-state index in [9.17, 15) is 4.79 Å². The SMILES string of the molecule is Cc1sc(CO)nc1C(=O)O. The Balaban J connectivity index is 3.07. The quantitative estimate of drug-likeness (QED) is 0.688. The highest BCUT2D eigenvalue weighted by molar-refractivity contribution is 7.11. The van der Waals surface area contributed by atoms with Crippen LogP contribution < -0.4 is 0 Å². The summed E-state index contributed by atoms with van der Waals surface area (Å²) in [6.45, 7) is 1.47. The molecular formula is C6H7NO3S. The van der Waals surface area contributed by atoms with E-state index in [0.29, 0.717) is 9.88 Å². The number of carboxylic acids is 1. The maximum absolute atomic E-state index is 10.4. The Morgan fingerprint density at radius 2 is 2.36 bits per heavy atom. The van der Waals surface area contributed by atoms with E-state index in [-0.39, 0.29) is 12.3 Å². The van der Waals surface area contributed by atoms with Gasteiger partial charge in [-0.2, -0.15) is 0 Å². The van der Waals surface area contributed by atoms with Crippen molar-refractivity contribution in [2.45, 2.75) is 13.5 Å². The number of aromatic nitrogens is 1. The monoisotopic (exact) mass is 173 g/mol. The second kappa shape index (κ2) is 2.98. The van der Waals surface area contributed by atoms with Crippen molar-refractivity contribution in [2.75, 3.05) is 0 Å². The molecule has 0 fully saturated rings. The highest BCUT2D eigenvalue weighted by atomic mass is 32.1. The lowest BCUT2D eigenvalue weighted by Gasteiger charge is -1.85. The third kappa shape index (κ3) is 1.55. The molecule has 0 saturated heterocycles. The van der Waals surface area contributed by atoms with Gasteiger partial charge in [-0.1, -0.05) is 0 Å². The third-order valence-electron chi connectivity index (χ3n) is 1.18. The van der Waals surface area contributed by atoms with Crippen molar-refractivity contribution in [1.82, 2.24) is 4.98 Å². The fraction of sp³-hybridized carbons (Fsp3) is 0.333. The van der Waals surface area contributed by atoms with Crippen LogP contribution >= 0.6 is 11.3 Å². The molecular weight excluding hydrogens is 166 g/mol. The van der Waals surface area contributed by atoms with Crippen LogP contribution in [-0.2, 0) is 6.61 Å². The first-order valence-corrected chi connectivity index (χ1v) is 3.77. The van der Waals surface area contributed by atoms with Gasteiger partial charge < -0.3 is 10.2 Å². The van der Waals surface area contributed by atoms with Crippen molar-refractivity contribution >= 4 is 17.3 Å². The van der Waals surface area contributed by atoms with E-state index in [0.717, 1.165) is 0 Å². The largest absolute Gasteiger partial charge is 0.476 e. The lowest BCUT2D eigenvalue weighted by Crippen LogP contribution is -1.98. The minimum Gasteiger partial charge on any atom is -0.476 e. The molecule has 1 aromatic heterocycles. The van der Waals surface area contributed by atoms with E-state index < -0.39 is 5.97 Å². The van der Waals surface area contributed by atoms with Crippen LogP contribution in [0.1, 0.15) is 20.4 Å². The van der Waals surface area contributed by atoms with Gasteiger partial charge in [0, 0.05) is 4.88 Å². The molecule has 11 heavy (non-hydrogen) atoms. The van der Waals surface area contributed by atoms with Crippen LogP contribution in [0.4, 0.5) is 0 Å².